The van der Waals surface area contributed by atoms with E-state index < -0.39 is 0 Å². The van der Waals surface area contributed by atoms with Crippen LogP contribution in [0.15, 0.2) is 22.8 Å². The molecule has 2 amide bonds. The van der Waals surface area contributed by atoms with Crippen molar-refractivity contribution >= 4 is 11.8 Å². The number of hydrogen-bond acceptors (Lipinski definition) is 5. The molecule has 7 heteroatoms. The quantitative estimate of drug-likeness (QED) is 0.727. The van der Waals surface area contributed by atoms with Crippen LogP contribution in [0.1, 0.15) is 32.6 Å². The van der Waals surface area contributed by atoms with E-state index in [0.29, 0.717) is 25.6 Å². The van der Waals surface area contributed by atoms with Gasteiger partial charge in [-0.25, -0.2) is 0 Å². The molecule has 25 heavy (non-hydrogen) atoms. The molecule has 0 aliphatic carbocycles. The molecule has 0 bridgehead atoms. The molecule has 1 aromatic rings. The highest BCUT2D eigenvalue weighted by Crippen LogP contribution is 2.12. The summed E-state index contributed by atoms with van der Waals surface area (Å²) in [6.07, 6.45) is 1.61. The van der Waals surface area contributed by atoms with Crippen LogP contribution in [0.5, 0.6) is 0 Å². The van der Waals surface area contributed by atoms with Crippen molar-refractivity contribution in [2.24, 2.45) is 5.92 Å². The van der Waals surface area contributed by atoms with Gasteiger partial charge in [0.15, 0.2) is 0 Å². The first-order valence-electron chi connectivity index (χ1n) is 8.98. The number of hydrogen-bond donors (Lipinski definition) is 2. The zero-order valence-corrected chi connectivity index (χ0v) is 15.5. The van der Waals surface area contributed by atoms with E-state index in [1.807, 2.05) is 19.1 Å². The van der Waals surface area contributed by atoms with Gasteiger partial charge >= 0.3 is 0 Å². The molecule has 0 spiro atoms. The maximum Gasteiger partial charge on any atom is 0.234 e. The Morgan fingerprint density at radius 2 is 1.68 bits per heavy atom. The summed E-state index contributed by atoms with van der Waals surface area (Å²) in [4.78, 5) is 28.3. The van der Waals surface area contributed by atoms with Crippen molar-refractivity contribution in [1.82, 2.24) is 20.4 Å². The highest BCUT2D eigenvalue weighted by atomic mass is 16.3. The summed E-state index contributed by atoms with van der Waals surface area (Å²) < 4.78 is 5.30. The van der Waals surface area contributed by atoms with Crippen molar-refractivity contribution in [2.75, 3.05) is 45.8 Å². The molecule has 2 N–H and O–H groups in total. The monoisotopic (exact) mass is 350 g/mol. The Morgan fingerprint density at radius 3 is 2.20 bits per heavy atom. The standard InChI is InChI=1S/C18H30N4O3/c1-14(2)11-19-17(23)12-21-6-8-22(9-7-21)13-18(24)20-15(3)16-5-4-10-25-16/h4-5,10,14-15H,6-9,11-13H2,1-3H3,(H,19,23)(H,20,24). The summed E-state index contributed by atoms with van der Waals surface area (Å²) in [6, 6.07) is 3.54. The predicted octanol–water partition coefficient (Wildman–Crippen LogP) is 0.847. The van der Waals surface area contributed by atoms with Crippen LogP contribution in [-0.2, 0) is 9.59 Å². The van der Waals surface area contributed by atoms with Crippen molar-refractivity contribution in [2.45, 2.75) is 26.8 Å². The van der Waals surface area contributed by atoms with Gasteiger partial charge in [0, 0.05) is 32.7 Å². The second-order valence-electron chi connectivity index (χ2n) is 7.05. The van der Waals surface area contributed by atoms with Gasteiger partial charge in [0.05, 0.1) is 25.4 Å². The van der Waals surface area contributed by atoms with Crippen molar-refractivity contribution in [1.29, 1.82) is 0 Å². The molecule has 7 nitrogen and oxygen atoms in total. The fraction of sp³-hybridized carbons (Fsp3) is 0.667. The first kappa shape index (κ1) is 19.5. The SMILES string of the molecule is CC(C)CNC(=O)CN1CCN(CC(=O)NC(C)c2ccco2)CC1. The van der Waals surface area contributed by atoms with Crippen molar-refractivity contribution in [3.63, 3.8) is 0 Å². The van der Waals surface area contributed by atoms with Crippen molar-refractivity contribution in [3.05, 3.63) is 24.2 Å². The van der Waals surface area contributed by atoms with Gasteiger partial charge in [-0.1, -0.05) is 13.8 Å². The van der Waals surface area contributed by atoms with E-state index in [1.54, 1.807) is 6.26 Å². The van der Waals surface area contributed by atoms with Crippen molar-refractivity contribution < 1.29 is 14.0 Å². The summed E-state index contributed by atoms with van der Waals surface area (Å²) in [5.74, 6) is 1.28. The molecule has 1 aliphatic heterocycles. The van der Waals surface area contributed by atoms with Gasteiger partial charge in [-0.05, 0) is 25.0 Å². The predicted molar refractivity (Wildman–Crippen MR) is 96.0 cm³/mol. The molecule has 0 aromatic carbocycles. The largest absolute Gasteiger partial charge is 0.467 e. The third-order valence-electron chi connectivity index (χ3n) is 4.25. The fourth-order valence-corrected chi connectivity index (χ4v) is 2.78. The summed E-state index contributed by atoms with van der Waals surface area (Å²) in [7, 11) is 0. The number of nitrogens with one attached hydrogen (secondary N) is 2. The molecule has 1 saturated heterocycles. The van der Waals surface area contributed by atoms with Crippen LogP contribution in [0.3, 0.4) is 0 Å². The average molecular weight is 350 g/mol. The van der Waals surface area contributed by atoms with E-state index in [-0.39, 0.29) is 17.9 Å². The smallest absolute Gasteiger partial charge is 0.234 e. The molecule has 140 valence electrons. The van der Waals surface area contributed by atoms with E-state index in [2.05, 4.69) is 34.3 Å². The second kappa shape index (κ2) is 9.58. The molecule has 1 unspecified atom stereocenters. The lowest BCUT2D eigenvalue weighted by molar-refractivity contribution is -0.125. The van der Waals surface area contributed by atoms with Gasteiger partial charge < -0.3 is 15.1 Å². The summed E-state index contributed by atoms with van der Waals surface area (Å²) in [5.41, 5.74) is 0. The minimum Gasteiger partial charge on any atom is -0.467 e. The van der Waals surface area contributed by atoms with Crippen molar-refractivity contribution in [3.8, 4) is 0 Å². The Balaban J connectivity index is 1.64. The van der Waals surface area contributed by atoms with Crippen LogP contribution in [0.4, 0.5) is 0 Å². The van der Waals surface area contributed by atoms with Crippen LogP contribution in [-0.4, -0.2) is 67.4 Å². The van der Waals surface area contributed by atoms with Crippen LogP contribution in [0.2, 0.25) is 0 Å². The maximum absolute atomic E-state index is 12.2. The lowest BCUT2D eigenvalue weighted by Crippen LogP contribution is -2.51. The maximum atomic E-state index is 12.2. The van der Waals surface area contributed by atoms with E-state index in [0.717, 1.165) is 31.9 Å². The normalized spacial score (nSPS) is 17.4. The zero-order valence-electron chi connectivity index (χ0n) is 15.5. The molecular weight excluding hydrogens is 320 g/mol. The highest BCUT2D eigenvalue weighted by molar-refractivity contribution is 5.78. The molecule has 1 aromatic heterocycles. The lowest BCUT2D eigenvalue weighted by atomic mass is 10.2. The summed E-state index contributed by atoms with van der Waals surface area (Å²) in [6.45, 7) is 10.8. The molecule has 2 heterocycles. The molecular formula is C18H30N4O3. The Labute approximate surface area is 149 Å². The van der Waals surface area contributed by atoms with Gasteiger partial charge in [-0.2, -0.15) is 0 Å². The van der Waals surface area contributed by atoms with E-state index in [1.165, 1.54) is 0 Å². The number of carbonyl (C=O) groups is 2. The van der Waals surface area contributed by atoms with Crippen LogP contribution in [0.25, 0.3) is 0 Å². The molecule has 2 rings (SSSR count). The Kier molecular flexibility index (Phi) is 7.46. The fourth-order valence-electron chi connectivity index (χ4n) is 2.78. The summed E-state index contributed by atoms with van der Waals surface area (Å²) >= 11 is 0. The summed E-state index contributed by atoms with van der Waals surface area (Å²) in [5, 5.41) is 5.89. The van der Waals surface area contributed by atoms with Gasteiger partial charge in [0.25, 0.3) is 0 Å². The van der Waals surface area contributed by atoms with Gasteiger partial charge in [-0.3, -0.25) is 19.4 Å². The lowest BCUT2D eigenvalue weighted by Gasteiger charge is -2.34. The third kappa shape index (κ3) is 6.88. The number of amides is 2. The van der Waals surface area contributed by atoms with E-state index >= 15 is 0 Å². The number of piperazine rings is 1. The van der Waals surface area contributed by atoms with Crippen LogP contribution < -0.4 is 10.6 Å². The average Bonchev–Trinajstić information content (AvgIpc) is 3.09. The van der Waals surface area contributed by atoms with E-state index in [4.69, 9.17) is 4.42 Å². The van der Waals surface area contributed by atoms with Gasteiger partial charge in [0.1, 0.15) is 5.76 Å². The van der Waals surface area contributed by atoms with Crippen LogP contribution >= 0.6 is 0 Å². The molecule has 1 fully saturated rings. The first-order valence-corrected chi connectivity index (χ1v) is 8.98. The van der Waals surface area contributed by atoms with E-state index in [9.17, 15) is 9.59 Å². The number of furan rings is 1. The third-order valence-corrected chi connectivity index (χ3v) is 4.25. The topological polar surface area (TPSA) is 77.8 Å². The second-order valence-corrected chi connectivity index (χ2v) is 7.05. The molecule has 1 aliphatic rings. The highest BCUT2D eigenvalue weighted by Gasteiger charge is 2.21. The minimum atomic E-state index is -0.131. The Morgan fingerprint density at radius 1 is 1.08 bits per heavy atom. The Bertz CT molecular complexity index is 537. The van der Waals surface area contributed by atoms with Gasteiger partial charge in [-0.15, -0.1) is 0 Å². The number of rotatable bonds is 8. The number of nitrogens with zero attached hydrogens (tertiary/aromatic N) is 2. The Hall–Kier alpha value is -1.86. The number of carbonyl (C=O) groups excluding carboxylic acids is 2. The molecule has 0 saturated carbocycles. The van der Waals surface area contributed by atoms with Crippen LogP contribution in [0, 0.1) is 5.92 Å². The minimum absolute atomic E-state index is 0.00738. The zero-order chi connectivity index (χ0) is 18.2. The molecule has 0 radical (unpaired) electrons. The first-order chi connectivity index (χ1) is 11.9. The molecule has 1 atom stereocenters. The van der Waals surface area contributed by atoms with Gasteiger partial charge in [0.2, 0.25) is 11.8 Å².